The summed E-state index contributed by atoms with van der Waals surface area (Å²) in [4.78, 5) is 2.43. The van der Waals surface area contributed by atoms with Crippen LogP contribution in [0, 0.1) is 20.8 Å². The van der Waals surface area contributed by atoms with Crippen LogP contribution in [-0.2, 0) is 13.1 Å². The second-order valence-corrected chi connectivity index (χ2v) is 9.98. The van der Waals surface area contributed by atoms with Crippen molar-refractivity contribution in [1.29, 1.82) is 0 Å². The standard InChI is InChI=1S/C29H39N3O3/c1-23-6-11-28(24(2)20-23)35-22-29(33)13-4-15-31(18-14-29)21-26-7-9-27(10-8-26)34-19-5-16-32-17-12-25(3)30-32/h6-12,17,20,33H,4-5,13-16,18-19,21-22H2,1-3H3/t29-/m0/s1. The summed E-state index contributed by atoms with van der Waals surface area (Å²) in [6.45, 7) is 10.7. The van der Waals surface area contributed by atoms with Gasteiger partial charge < -0.3 is 14.6 Å². The third-order valence-corrected chi connectivity index (χ3v) is 6.74. The first-order valence-electron chi connectivity index (χ1n) is 12.8. The van der Waals surface area contributed by atoms with Crippen molar-refractivity contribution >= 4 is 0 Å². The minimum atomic E-state index is -0.779. The Kier molecular flexibility index (Phi) is 8.47. The van der Waals surface area contributed by atoms with E-state index in [1.807, 2.05) is 29.9 Å². The number of hydrogen-bond donors (Lipinski definition) is 1. The van der Waals surface area contributed by atoms with Gasteiger partial charge in [0.2, 0.25) is 0 Å². The van der Waals surface area contributed by atoms with Crippen molar-refractivity contribution in [3.63, 3.8) is 0 Å². The first kappa shape index (κ1) is 25.3. The summed E-state index contributed by atoms with van der Waals surface area (Å²) >= 11 is 0. The number of hydrogen-bond acceptors (Lipinski definition) is 5. The van der Waals surface area contributed by atoms with Crippen molar-refractivity contribution in [2.75, 3.05) is 26.3 Å². The van der Waals surface area contributed by atoms with Crippen molar-refractivity contribution in [3.05, 3.63) is 77.1 Å². The lowest BCUT2D eigenvalue weighted by molar-refractivity contribution is -0.0170. The Hall–Kier alpha value is -2.83. The van der Waals surface area contributed by atoms with E-state index >= 15 is 0 Å². The molecule has 0 amide bonds. The predicted molar refractivity (Wildman–Crippen MR) is 139 cm³/mol. The van der Waals surface area contributed by atoms with Gasteiger partial charge in [0, 0.05) is 32.3 Å². The fraction of sp³-hybridized carbons (Fsp3) is 0.483. The van der Waals surface area contributed by atoms with Gasteiger partial charge in [-0.05, 0) is 82.0 Å². The molecule has 0 spiro atoms. The van der Waals surface area contributed by atoms with Crippen molar-refractivity contribution in [2.45, 2.75) is 65.1 Å². The fourth-order valence-electron chi connectivity index (χ4n) is 4.66. The third-order valence-electron chi connectivity index (χ3n) is 6.74. The zero-order valence-electron chi connectivity index (χ0n) is 21.4. The van der Waals surface area contributed by atoms with Gasteiger partial charge in [-0.15, -0.1) is 0 Å². The largest absolute Gasteiger partial charge is 0.494 e. The molecule has 3 aromatic rings. The molecule has 0 aliphatic carbocycles. The van der Waals surface area contributed by atoms with Crippen LogP contribution < -0.4 is 9.47 Å². The van der Waals surface area contributed by atoms with Gasteiger partial charge in [0.05, 0.1) is 17.9 Å². The van der Waals surface area contributed by atoms with Gasteiger partial charge in [0.25, 0.3) is 0 Å². The lowest BCUT2D eigenvalue weighted by Crippen LogP contribution is -2.37. The number of rotatable bonds is 10. The molecule has 6 nitrogen and oxygen atoms in total. The average molecular weight is 478 g/mol. The lowest BCUT2D eigenvalue weighted by atomic mass is 9.96. The highest BCUT2D eigenvalue weighted by Crippen LogP contribution is 2.27. The van der Waals surface area contributed by atoms with Crippen LogP contribution in [0.3, 0.4) is 0 Å². The Morgan fingerprint density at radius 3 is 2.54 bits per heavy atom. The summed E-state index contributed by atoms with van der Waals surface area (Å²) in [5, 5.41) is 15.6. The Morgan fingerprint density at radius 1 is 0.971 bits per heavy atom. The van der Waals surface area contributed by atoms with E-state index < -0.39 is 5.60 Å². The number of benzene rings is 2. The van der Waals surface area contributed by atoms with Crippen LogP contribution in [0.25, 0.3) is 0 Å². The van der Waals surface area contributed by atoms with Gasteiger partial charge in [-0.1, -0.05) is 29.8 Å². The van der Waals surface area contributed by atoms with Crippen LogP contribution in [0.5, 0.6) is 11.5 Å². The monoisotopic (exact) mass is 477 g/mol. The first-order valence-corrected chi connectivity index (χ1v) is 12.8. The molecule has 1 N–H and O–H groups in total. The highest BCUT2D eigenvalue weighted by atomic mass is 16.5. The van der Waals surface area contributed by atoms with Crippen LogP contribution in [-0.4, -0.2) is 51.7 Å². The van der Waals surface area contributed by atoms with Crippen molar-refractivity contribution in [1.82, 2.24) is 14.7 Å². The van der Waals surface area contributed by atoms with E-state index in [0.717, 1.165) is 74.6 Å². The third kappa shape index (κ3) is 7.58. The minimum absolute atomic E-state index is 0.344. The number of aromatic nitrogens is 2. The molecule has 2 aromatic carbocycles. The molecule has 188 valence electrons. The molecule has 0 saturated carbocycles. The Balaban J connectivity index is 1.20. The maximum Gasteiger partial charge on any atom is 0.122 e. The van der Waals surface area contributed by atoms with E-state index in [2.05, 4.69) is 60.2 Å². The van der Waals surface area contributed by atoms with E-state index in [1.54, 1.807) is 0 Å². The number of ether oxygens (including phenoxy) is 2. The molecule has 6 heteroatoms. The summed E-state index contributed by atoms with van der Waals surface area (Å²) < 4.78 is 13.9. The van der Waals surface area contributed by atoms with Crippen molar-refractivity contribution < 1.29 is 14.6 Å². The quantitative estimate of drug-likeness (QED) is 0.413. The topological polar surface area (TPSA) is 59.8 Å². The molecule has 35 heavy (non-hydrogen) atoms. The van der Waals surface area contributed by atoms with Crippen molar-refractivity contribution in [2.24, 2.45) is 0 Å². The normalized spacial score (nSPS) is 18.9. The Labute approximate surface area is 209 Å². The zero-order valence-corrected chi connectivity index (χ0v) is 21.4. The van der Waals surface area contributed by atoms with Crippen molar-refractivity contribution in [3.8, 4) is 11.5 Å². The molecule has 1 saturated heterocycles. The van der Waals surface area contributed by atoms with Crippen LogP contribution in [0.1, 0.15) is 48.1 Å². The second kappa shape index (κ2) is 11.7. The summed E-state index contributed by atoms with van der Waals surface area (Å²) in [5.74, 6) is 1.77. The van der Waals surface area contributed by atoms with Crippen LogP contribution >= 0.6 is 0 Å². The van der Waals surface area contributed by atoms with E-state index in [9.17, 15) is 5.11 Å². The highest BCUT2D eigenvalue weighted by Gasteiger charge is 2.31. The second-order valence-electron chi connectivity index (χ2n) is 9.98. The molecule has 1 aliphatic rings. The van der Waals surface area contributed by atoms with Crippen LogP contribution in [0.15, 0.2) is 54.7 Å². The van der Waals surface area contributed by atoms with Gasteiger partial charge in [0.1, 0.15) is 18.1 Å². The predicted octanol–water partition coefficient (Wildman–Crippen LogP) is 5.07. The fourth-order valence-corrected chi connectivity index (χ4v) is 4.66. The van der Waals surface area contributed by atoms with Gasteiger partial charge in [0.15, 0.2) is 0 Å². The molecule has 1 aliphatic heterocycles. The molecule has 0 bridgehead atoms. The average Bonchev–Trinajstić information content (AvgIpc) is 3.16. The number of nitrogens with zero attached hydrogens (tertiary/aromatic N) is 3. The van der Waals surface area contributed by atoms with E-state index in [4.69, 9.17) is 9.47 Å². The SMILES string of the molecule is Cc1ccc(OC[C@]2(O)CCCN(Cc3ccc(OCCCn4ccc(C)n4)cc3)CC2)c(C)c1. The molecule has 2 heterocycles. The minimum Gasteiger partial charge on any atom is -0.494 e. The summed E-state index contributed by atoms with van der Waals surface area (Å²) in [5.41, 5.74) is 3.86. The molecular weight excluding hydrogens is 438 g/mol. The molecule has 1 atom stereocenters. The Bertz CT molecular complexity index is 1080. The van der Waals surface area contributed by atoms with E-state index in [-0.39, 0.29) is 0 Å². The zero-order chi connectivity index (χ0) is 24.7. The number of aliphatic hydroxyl groups is 1. The molecule has 0 unspecified atom stereocenters. The number of aryl methyl sites for hydroxylation is 4. The molecule has 0 radical (unpaired) electrons. The van der Waals surface area contributed by atoms with Gasteiger partial charge in [-0.2, -0.15) is 5.10 Å². The Morgan fingerprint density at radius 2 is 1.80 bits per heavy atom. The number of likely N-dealkylation sites (tertiary alicyclic amines) is 1. The molecule has 1 aromatic heterocycles. The van der Waals surface area contributed by atoms with Gasteiger partial charge in [-0.3, -0.25) is 9.58 Å². The van der Waals surface area contributed by atoms with E-state index in [1.165, 1.54) is 11.1 Å². The smallest absolute Gasteiger partial charge is 0.122 e. The maximum atomic E-state index is 11.2. The van der Waals surface area contributed by atoms with E-state index in [0.29, 0.717) is 13.2 Å². The summed E-state index contributed by atoms with van der Waals surface area (Å²) in [6, 6.07) is 16.6. The molecule has 4 rings (SSSR count). The summed E-state index contributed by atoms with van der Waals surface area (Å²) in [6.07, 6.45) is 5.37. The van der Waals surface area contributed by atoms with Gasteiger partial charge in [-0.25, -0.2) is 0 Å². The maximum absolute atomic E-state index is 11.2. The van der Waals surface area contributed by atoms with Crippen LogP contribution in [0.2, 0.25) is 0 Å². The molecular formula is C29H39N3O3. The first-order chi connectivity index (χ1) is 16.9. The summed E-state index contributed by atoms with van der Waals surface area (Å²) in [7, 11) is 0. The van der Waals surface area contributed by atoms with Gasteiger partial charge >= 0.3 is 0 Å². The molecule has 1 fully saturated rings. The lowest BCUT2D eigenvalue weighted by Gasteiger charge is -2.27. The van der Waals surface area contributed by atoms with Crippen LogP contribution in [0.4, 0.5) is 0 Å². The highest BCUT2D eigenvalue weighted by molar-refractivity contribution is 5.35.